The van der Waals surface area contributed by atoms with Crippen molar-refractivity contribution in [2.45, 2.75) is 57.0 Å². The van der Waals surface area contributed by atoms with E-state index in [2.05, 4.69) is 5.32 Å². The average Bonchev–Trinajstić information content (AvgIpc) is 2.82. The minimum absolute atomic E-state index is 0.159. The first-order chi connectivity index (χ1) is 8.34. The number of carbonyl (C=O) groups is 1. The number of carbonyl (C=O) groups excluding carboxylic acids is 1. The van der Waals surface area contributed by atoms with E-state index in [1.54, 1.807) is 0 Å². The van der Waals surface area contributed by atoms with Crippen molar-refractivity contribution in [3.05, 3.63) is 0 Å². The van der Waals surface area contributed by atoms with E-state index in [0.717, 1.165) is 38.4 Å². The first-order valence-corrected chi connectivity index (χ1v) is 7.22. The fourth-order valence-corrected chi connectivity index (χ4v) is 3.80. The molecular weight excluding hydrogens is 214 g/mol. The van der Waals surface area contributed by atoms with Crippen molar-refractivity contribution in [2.24, 2.45) is 11.8 Å². The number of Topliss-reactive ketones (excluding diaryl/α,β-unsaturated/α-hetero) is 1. The van der Waals surface area contributed by atoms with Crippen molar-refractivity contribution in [3.63, 3.8) is 0 Å². The van der Waals surface area contributed by atoms with Crippen molar-refractivity contribution >= 4 is 5.78 Å². The van der Waals surface area contributed by atoms with Gasteiger partial charge in [0.1, 0.15) is 0 Å². The Labute approximate surface area is 103 Å². The SMILES string of the molecule is O=C(C1CCOCC1)C1CC2CCCCC2N1. The highest BCUT2D eigenvalue weighted by Gasteiger charge is 2.40. The van der Waals surface area contributed by atoms with Gasteiger partial charge in [0.25, 0.3) is 0 Å². The van der Waals surface area contributed by atoms with Crippen molar-refractivity contribution in [1.29, 1.82) is 0 Å². The van der Waals surface area contributed by atoms with E-state index in [4.69, 9.17) is 4.74 Å². The van der Waals surface area contributed by atoms with Crippen molar-refractivity contribution in [3.8, 4) is 0 Å². The van der Waals surface area contributed by atoms with Crippen LogP contribution in [0.5, 0.6) is 0 Å². The summed E-state index contributed by atoms with van der Waals surface area (Å²) in [7, 11) is 0. The normalized spacial score (nSPS) is 38.9. The number of rotatable bonds is 2. The highest BCUT2D eigenvalue weighted by Crippen LogP contribution is 2.34. The highest BCUT2D eigenvalue weighted by molar-refractivity contribution is 5.86. The molecule has 0 bridgehead atoms. The monoisotopic (exact) mass is 237 g/mol. The lowest BCUT2D eigenvalue weighted by molar-refractivity contribution is -0.127. The third-order valence-electron chi connectivity index (χ3n) is 4.83. The topological polar surface area (TPSA) is 38.3 Å². The number of nitrogens with one attached hydrogen (secondary N) is 1. The van der Waals surface area contributed by atoms with Crippen LogP contribution in [0.1, 0.15) is 44.9 Å². The van der Waals surface area contributed by atoms with Crippen LogP contribution in [0, 0.1) is 11.8 Å². The van der Waals surface area contributed by atoms with Gasteiger partial charge in [-0.3, -0.25) is 4.79 Å². The van der Waals surface area contributed by atoms with Gasteiger partial charge in [0.15, 0.2) is 5.78 Å². The maximum absolute atomic E-state index is 12.4. The summed E-state index contributed by atoms with van der Waals surface area (Å²) < 4.78 is 5.33. The summed E-state index contributed by atoms with van der Waals surface area (Å²) in [5.74, 6) is 1.52. The molecule has 96 valence electrons. The molecule has 17 heavy (non-hydrogen) atoms. The predicted molar refractivity (Wildman–Crippen MR) is 65.8 cm³/mol. The molecule has 1 N–H and O–H groups in total. The van der Waals surface area contributed by atoms with E-state index in [1.165, 1.54) is 25.7 Å². The molecule has 0 aromatic rings. The van der Waals surface area contributed by atoms with Crippen LogP contribution in [0.25, 0.3) is 0 Å². The average molecular weight is 237 g/mol. The fraction of sp³-hybridized carbons (Fsp3) is 0.929. The minimum atomic E-state index is 0.159. The molecule has 0 aromatic carbocycles. The first-order valence-electron chi connectivity index (χ1n) is 7.22. The summed E-state index contributed by atoms with van der Waals surface area (Å²) >= 11 is 0. The van der Waals surface area contributed by atoms with Crippen LogP contribution in [0.2, 0.25) is 0 Å². The van der Waals surface area contributed by atoms with Gasteiger partial charge in [0.05, 0.1) is 6.04 Å². The Hall–Kier alpha value is -0.410. The Morgan fingerprint density at radius 3 is 2.59 bits per heavy atom. The third kappa shape index (κ3) is 2.41. The maximum Gasteiger partial charge on any atom is 0.152 e. The molecule has 3 rings (SSSR count). The second kappa shape index (κ2) is 5.07. The van der Waals surface area contributed by atoms with E-state index in [1.807, 2.05) is 0 Å². The van der Waals surface area contributed by atoms with Crippen LogP contribution in [0.4, 0.5) is 0 Å². The number of fused-ring (bicyclic) bond motifs is 1. The summed E-state index contributed by atoms with van der Waals surface area (Å²) in [6, 6.07) is 0.795. The highest BCUT2D eigenvalue weighted by atomic mass is 16.5. The Morgan fingerprint density at radius 1 is 1.06 bits per heavy atom. The van der Waals surface area contributed by atoms with Gasteiger partial charge in [-0.15, -0.1) is 0 Å². The van der Waals surface area contributed by atoms with Gasteiger partial charge in [-0.25, -0.2) is 0 Å². The van der Waals surface area contributed by atoms with Crippen molar-refractivity contribution in [2.75, 3.05) is 13.2 Å². The molecule has 3 nitrogen and oxygen atoms in total. The quantitative estimate of drug-likeness (QED) is 0.797. The molecular formula is C14H23NO2. The number of hydrogen-bond acceptors (Lipinski definition) is 3. The third-order valence-corrected chi connectivity index (χ3v) is 4.83. The van der Waals surface area contributed by atoms with Gasteiger partial charge in [0.2, 0.25) is 0 Å². The molecule has 0 aromatic heterocycles. The van der Waals surface area contributed by atoms with Crippen LogP contribution < -0.4 is 5.32 Å². The lowest BCUT2D eigenvalue weighted by atomic mass is 9.83. The second-order valence-corrected chi connectivity index (χ2v) is 5.89. The first kappa shape index (κ1) is 11.7. The Morgan fingerprint density at radius 2 is 1.82 bits per heavy atom. The number of ether oxygens (including phenoxy) is 1. The molecule has 3 unspecified atom stereocenters. The molecule has 0 spiro atoms. The summed E-state index contributed by atoms with van der Waals surface area (Å²) in [6.45, 7) is 1.55. The van der Waals surface area contributed by atoms with Crippen LogP contribution >= 0.6 is 0 Å². The molecule has 1 aliphatic carbocycles. The van der Waals surface area contributed by atoms with E-state index < -0.39 is 0 Å². The van der Waals surface area contributed by atoms with Crippen LogP contribution in [0.15, 0.2) is 0 Å². The van der Waals surface area contributed by atoms with Gasteiger partial charge in [-0.05, 0) is 38.0 Å². The van der Waals surface area contributed by atoms with Gasteiger partial charge in [0, 0.05) is 25.2 Å². The second-order valence-electron chi connectivity index (χ2n) is 5.89. The summed E-state index contributed by atoms with van der Waals surface area (Å²) in [5, 5.41) is 3.60. The molecule has 3 fully saturated rings. The smallest absolute Gasteiger partial charge is 0.152 e. The Kier molecular flexibility index (Phi) is 3.48. The van der Waals surface area contributed by atoms with Gasteiger partial charge >= 0.3 is 0 Å². The molecule has 2 saturated heterocycles. The number of ketones is 1. The molecule has 0 amide bonds. The maximum atomic E-state index is 12.4. The van der Waals surface area contributed by atoms with Crippen LogP contribution in [0.3, 0.4) is 0 Å². The van der Waals surface area contributed by atoms with Crippen molar-refractivity contribution in [1.82, 2.24) is 5.32 Å². The zero-order valence-electron chi connectivity index (χ0n) is 10.5. The molecule has 2 aliphatic heterocycles. The molecule has 0 radical (unpaired) electrons. The zero-order valence-corrected chi connectivity index (χ0v) is 10.5. The summed E-state index contributed by atoms with van der Waals surface area (Å²) in [4.78, 5) is 12.4. The van der Waals surface area contributed by atoms with Crippen LogP contribution in [-0.4, -0.2) is 31.1 Å². The fourth-order valence-electron chi connectivity index (χ4n) is 3.80. The van der Waals surface area contributed by atoms with Gasteiger partial charge in [-0.1, -0.05) is 12.8 Å². The molecule has 1 saturated carbocycles. The van der Waals surface area contributed by atoms with E-state index in [-0.39, 0.29) is 12.0 Å². The van der Waals surface area contributed by atoms with Crippen LogP contribution in [-0.2, 0) is 9.53 Å². The predicted octanol–water partition coefficient (Wildman–Crippen LogP) is 1.90. The molecule has 3 atom stereocenters. The molecule has 3 aliphatic rings. The van der Waals surface area contributed by atoms with Crippen molar-refractivity contribution < 1.29 is 9.53 Å². The van der Waals surface area contributed by atoms with Gasteiger partial charge < -0.3 is 10.1 Å². The zero-order chi connectivity index (χ0) is 11.7. The minimum Gasteiger partial charge on any atom is -0.381 e. The lowest BCUT2D eigenvalue weighted by Crippen LogP contribution is -2.41. The van der Waals surface area contributed by atoms with E-state index in [9.17, 15) is 4.79 Å². The van der Waals surface area contributed by atoms with E-state index in [0.29, 0.717) is 11.8 Å². The summed E-state index contributed by atoms with van der Waals surface area (Å²) in [5.41, 5.74) is 0. The Balaban J connectivity index is 1.59. The lowest BCUT2D eigenvalue weighted by Gasteiger charge is -2.25. The van der Waals surface area contributed by atoms with Gasteiger partial charge in [-0.2, -0.15) is 0 Å². The number of hydrogen-bond donors (Lipinski definition) is 1. The summed E-state index contributed by atoms with van der Waals surface area (Å²) in [6.07, 6.45) is 8.28. The Bertz CT molecular complexity index is 272. The van der Waals surface area contributed by atoms with E-state index >= 15 is 0 Å². The largest absolute Gasteiger partial charge is 0.381 e. The molecule has 3 heteroatoms. The standard InChI is InChI=1S/C14H23NO2/c16-14(10-5-7-17-8-6-10)13-9-11-3-1-2-4-12(11)15-13/h10-13,15H,1-9H2. The molecule has 2 heterocycles.